The van der Waals surface area contributed by atoms with E-state index in [1.54, 1.807) is 0 Å². The molecule has 0 aliphatic carbocycles. The van der Waals surface area contributed by atoms with Crippen molar-refractivity contribution in [2.45, 2.75) is 0 Å². The fraction of sp³-hybridized carbons (Fsp3) is 0. The highest BCUT2D eigenvalue weighted by Gasteiger charge is 1.67. The lowest BCUT2D eigenvalue weighted by molar-refractivity contribution is 1.20. The third-order valence-electron chi connectivity index (χ3n) is 0.718. The maximum atomic E-state index is 4.00. The number of hydrazine groups is 1. The van der Waals surface area contributed by atoms with Crippen LogP contribution >= 0.6 is 0 Å². The molecule has 10 heavy (non-hydrogen) atoms. The Hall–Kier alpha value is -1.10. The fourth-order valence-corrected chi connectivity index (χ4v) is 0.406. The van der Waals surface area contributed by atoms with Crippen LogP contribution < -0.4 is 23.2 Å². The first kappa shape index (κ1) is 11.7. The van der Waals surface area contributed by atoms with Crippen molar-refractivity contribution in [3.05, 3.63) is 36.7 Å². The largest absolute Gasteiger partial charge is 0.368 e. The molecule has 4 heteroatoms. The molecular formula is C6H14N4. The number of nitrogens with two attached hydrogens (primary N) is 2. The van der Waals surface area contributed by atoms with Crippen molar-refractivity contribution in [2.24, 2.45) is 11.7 Å². The van der Waals surface area contributed by atoms with Crippen molar-refractivity contribution in [1.82, 2.24) is 11.5 Å². The molecule has 0 bridgehead atoms. The summed E-state index contributed by atoms with van der Waals surface area (Å²) < 4.78 is 0. The minimum Gasteiger partial charge on any atom is -0.368 e. The van der Waals surface area contributed by atoms with Crippen molar-refractivity contribution in [2.75, 3.05) is 0 Å². The van der Waals surface area contributed by atoms with Gasteiger partial charge in [-0.3, -0.25) is 11.7 Å². The summed E-state index contributed by atoms with van der Waals surface area (Å²) in [6.45, 7) is 0. The van der Waals surface area contributed by atoms with Gasteiger partial charge in [-0.05, 0) is 12.2 Å². The van der Waals surface area contributed by atoms with Gasteiger partial charge in [0.1, 0.15) is 0 Å². The van der Waals surface area contributed by atoms with Gasteiger partial charge in [0.25, 0.3) is 0 Å². The van der Waals surface area contributed by atoms with Crippen LogP contribution in [0.25, 0.3) is 0 Å². The first-order valence-electron chi connectivity index (χ1n) is 2.58. The van der Waals surface area contributed by atoms with Gasteiger partial charge in [-0.25, -0.2) is 0 Å². The lowest BCUT2D eigenvalue weighted by Gasteiger charge is -1.79. The molecule has 1 aliphatic rings. The van der Waals surface area contributed by atoms with Gasteiger partial charge >= 0.3 is 0 Å². The molecule has 1 heterocycles. The third-order valence-corrected chi connectivity index (χ3v) is 0.718. The van der Waals surface area contributed by atoms with Crippen LogP contribution in [-0.2, 0) is 0 Å². The monoisotopic (exact) mass is 142 g/mol. The summed E-state index contributed by atoms with van der Waals surface area (Å²) in [5.41, 5.74) is 0. The lowest BCUT2D eigenvalue weighted by atomic mass is 10.5. The van der Waals surface area contributed by atoms with Gasteiger partial charge in [0, 0.05) is 12.4 Å². The summed E-state index contributed by atoms with van der Waals surface area (Å²) >= 11 is 0. The molecular weight excluding hydrogens is 128 g/mol. The molecule has 0 spiro atoms. The van der Waals surface area contributed by atoms with Gasteiger partial charge in [-0.2, -0.15) is 0 Å². The van der Waals surface area contributed by atoms with Gasteiger partial charge in [-0.15, -0.1) is 0 Å². The molecule has 0 radical (unpaired) electrons. The quantitative estimate of drug-likeness (QED) is 0.286. The zero-order valence-corrected chi connectivity index (χ0v) is 5.83. The van der Waals surface area contributed by atoms with Crippen LogP contribution in [0.1, 0.15) is 0 Å². The van der Waals surface area contributed by atoms with Gasteiger partial charge in [0.05, 0.1) is 0 Å². The van der Waals surface area contributed by atoms with E-state index < -0.39 is 0 Å². The molecule has 4 nitrogen and oxygen atoms in total. The molecule has 0 aromatic rings. The normalized spacial score (nSPS) is 11.8. The summed E-state index contributed by atoms with van der Waals surface area (Å²) in [4.78, 5) is 0. The molecule has 0 fully saturated rings. The van der Waals surface area contributed by atoms with Crippen LogP contribution in [-0.4, -0.2) is 0 Å². The molecule has 0 aromatic carbocycles. The van der Waals surface area contributed by atoms with Crippen molar-refractivity contribution in [1.29, 1.82) is 0 Å². The zero-order valence-electron chi connectivity index (χ0n) is 5.83. The first-order valence-corrected chi connectivity index (χ1v) is 2.58. The second kappa shape index (κ2) is 10.8. The molecule has 0 atom stereocenters. The standard InChI is InChI=1S/C6H7N.H4N2.H3N/c1-2-4-6-7-5-3-1;1-2;/h1-7H;1-2H2;1H3. The third kappa shape index (κ3) is 6.90. The van der Waals surface area contributed by atoms with Crippen LogP contribution in [0, 0.1) is 0 Å². The van der Waals surface area contributed by atoms with Crippen molar-refractivity contribution in [3.63, 3.8) is 0 Å². The average Bonchev–Trinajstić information content (AvgIpc) is 2.21. The zero-order chi connectivity index (χ0) is 6.95. The fourth-order valence-electron chi connectivity index (χ4n) is 0.406. The van der Waals surface area contributed by atoms with Crippen molar-refractivity contribution < 1.29 is 0 Å². The maximum absolute atomic E-state index is 4.00. The molecule has 1 rings (SSSR count). The molecule has 0 saturated heterocycles. The lowest BCUT2D eigenvalue weighted by Crippen LogP contribution is -2.02. The van der Waals surface area contributed by atoms with Gasteiger partial charge in [0.2, 0.25) is 0 Å². The van der Waals surface area contributed by atoms with Gasteiger partial charge in [-0.1, -0.05) is 12.2 Å². The molecule has 0 saturated carbocycles. The van der Waals surface area contributed by atoms with E-state index in [1.807, 2.05) is 36.7 Å². The first-order chi connectivity index (χ1) is 4.50. The van der Waals surface area contributed by atoms with E-state index in [4.69, 9.17) is 0 Å². The predicted molar refractivity (Wildman–Crippen MR) is 44.0 cm³/mol. The second-order valence-corrected chi connectivity index (χ2v) is 1.27. The summed E-state index contributed by atoms with van der Waals surface area (Å²) in [6, 6.07) is 0. The molecule has 0 unspecified atom stereocenters. The summed E-state index contributed by atoms with van der Waals surface area (Å²) in [5, 5.41) is 2.92. The average molecular weight is 142 g/mol. The van der Waals surface area contributed by atoms with Crippen LogP contribution in [0.3, 0.4) is 0 Å². The second-order valence-electron chi connectivity index (χ2n) is 1.27. The number of rotatable bonds is 0. The number of allylic oxidation sites excluding steroid dienone is 4. The van der Waals surface area contributed by atoms with Gasteiger partial charge in [0.15, 0.2) is 0 Å². The minimum atomic E-state index is 0. The van der Waals surface area contributed by atoms with Crippen molar-refractivity contribution >= 4 is 0 Å². The van der Waals surface area contributed by atoms with E-state index in [1.165, 1.54) is 0 Å². The summed E-state index contributed by atoms with van der Waals surface area (Å²) in [5.74, 6) is 8.00. The van der Waals surface area contributed by atoms with Crippen LogP contribution in [0.5, 0.6) is 0 Å². The Morgan fingerprint density at radius 2 is 1.20 bits per heavy atom. The van der Waals surface area contributed by atoms with Gasteiger partial charge < -0.3 is 11.5 Å². The van der Waals surface area contributed by atoms with E-state index in [2.05, 4.69) is 17.0 Å². The predicted octanol–water partition coefficient (Wildman–Crippen LogP) is 0.154. The Kier molecular flexibility index (Phi) is 12.6. The minimum absolute atomic E-state index is 0. The molecule has 0 amide bonds. The highest BCUT2D eigenvalue weighted by Crippen LogP contribution is 1.81. The van der Waals surface area contributed by atoms with Crippen molar-refractivity contribution in [3.8, 4) is 0 Å². The topological polar surface area (TPSA) is 99.1 Å². The Balaban J connectivity index is 0. The highest BCUT2D eigenvalue weighted by atomic mass is 15.0. The number of hydrogen-bond donors (Lipinski definition) is 4. The molecule has 0 aromatic heterocycles. The number of hydrogen-bond acceptors (Lipinski definition) is 4. The Morgan fingerprint density at radius 3 is 1.60 bits per heavy atom. The van der Waals surface area contributed by atoms with E-state index in [0.29, 0.717) is 0 Å². The van der Waals surface area contributed by atoms with E-state index in [0.717, 1.165) is 0 Å². The highest BCUT2D eigenvalue weighted by molar-refractivity contribution is 5.14. The van der Waals surface area contributed by atoms with E-state index in [9.17, 15) is 0 Å². The van der Waals surface area contributed by atoms with Crippen LogP contribution in [0.2, 0.25) is 0 Å². The SMILES string of the molecule is C1=CC=CNC=C1.N.NN. The molecule has 8 N–H and O–H groups in total. The number of nitrogens with one attached hydrogen (secondary N) is 1. The van der Waals surface area contributed by atoms with E-state index in [-0.39, 0.29) is 6.15 Å². The maximum Gasteiger partial charge on any atom is 0.000442 e. The smallest absolute Gasteiger partial charge is 0.000442 e. The summed E-state index contributed by atoms with van der Waals surface area (Å²) in [7, 11) is 0. The molecule has 58 valence electrons. The van der Waals surface area contributed by atoms with E-state index >= 15 is 0 Å². The molecule has 1 aliphatic heterocycles. The van der Waals surface area contributed by atoms with Crippen LogP contribution in [0.15, 0.2) is 36.7 Å². The Morgan fingerprint density at radius 1 is 0.800 bits per heavy atom. The summed E-state index contributed by atoms with van der Waals surface area (Å²) in [6.07, 6.45) is 11.6. The Labute approximate surface area is 60.8 Å². The van der Waals surface area contributed by atoms with Crippen LogP contribution in [0.4, 0.5) is 0 Å². The Bertz CT molecular complexity index is 112.